The van der Waals surface area contributed by atoms with Gasteiger partial charge in [-0.1, -0.05) is 12.1 Å². The van der Waals surface area contributed by atoms with E-state index in [4.69, 9.17) is 10.5 Å². The maximum Gasteiger partial charge on any atom is 0.124 e. The van der Waals surface area contributed by atoms with Crippen LogP contribution in [0.15, 0.2) is 18.2 Å². The van der Waals surface area contributed by atoms with Crippen LogP contribution in [0.2, 0.25) is 0 Å². The quantitative estimate of drug-likeness (QED) is 0.733. The van der Waals surface area contributed by atoms with Crippen molar-refractivity contribution in [3.05, 3.63) is 29.3 Å². The van der Waals surface area contributed by atoms with Gasteiger partial charge in [0.05, 0.1) is 7.11 Å². The maximum atomic E-state index is 12.8. The largest absolute Gasteiger partial charge is 0.496 e. The summed E-state index contributed by atoms with van der Waals surface area (Å²) in [6.07, 6.45) is 2.84. The van der Waals surface area contributed by atoms with Gasteiger partial charge in [-0.3, -0.25) is 0 Å². The average Bonchev–Trinajstić information content (AvgIpc) is 2.29. The number of rotatable bonds is 6. The smallest absolute Gasteiger partial charge is 0.124 e. The predicted octanol–water partition coefficient (Wildman–Crippen LogP) is 2.45. The Morgan fingerprint density at radius 1 is 1.33 bits per heavy atom. The van der Waals surface area contributed by atoms with Crippen molar-refractivity contribution in [2.75, 3.05) is 13.7 Å². The highest BCUT2D eigenvalue weighted by Crippen LogP contribution is 2.24. The number of nitrogens with two attached hydrogens (primary N) is 1. The Morgan fingerprint density at radius 2 is 2.13 bits per heavy atom. The van der Waals surface area contributed by atoms with Crippen LogP contribution in [0.4, 0.5) is 4.39 Å². The minimum atomic E-state index is -0.470. The molecule has 0 aliphatic heterocycles. The molecule has 2 nitrogen and oxygen atoms in total. The second kappa shape index (κ2) is 6.40. The maximum absolute atomic E-state index is 12.8. The summed E-state index contributed by atoms with van der Waals surface area (Å²) in [5.74, 6) is 0.641. The van der Waals surface area contributed by atoms with Crippen molar-refractivity contribution in [1.29, 1.82) is 0 Å². The number of ether oxygens (including phenoxy) is 1. The van der Waals surface area contributed by atoms with Gasteiger partial charge in [-0.2, -0.15) is 0 Å². The summed E-state index contributed by atoms with van der Waals surface area (Å²) in [4.78, 5) is 0. The zero-order valence-electron chi connectivity index (χ0n) is 9.13. The van der Waals surface area contributed by atoms with Crippen LogP contribution in [0.3, 0.4) is 0 Å². The number of aryl methyl sites for hydroxylation is 1. The van der Waals surface area contributed by atoms with E-state index < -0.39 is 6.67 Å². The van der Waals surface area contributed by atoms with E-state index >= 15 is 0 Å². The molecule has 0 aromatic heterocycles. The molecule has 0 spiro atoms. The van der Waals surface area contributed by atoms with E-state index in [1.165, 1.54) is 0 Å². The zero-order chi connectivity index (χ0) is 11.1. The summed E-state index contributed by atoms with van der Waals surface area (Å²) in [5, 5.41) is 0. The van der Waals surface area contributed by atoms with Crippen LogP contribution in [-0.4, -0.2) is 13.7 Å². The highest BCUT2D eigenvalue weighted by Gasteiger charge is 2.07. The molecule has 84 valence electrons. The molecule has 0 heterocycles. The molecule has 3 heteroatoms. The lowest BCUT2D eigenvalue weighted by molar-refractivity contribution is 0.392. The van der Waals surface area contributed by atoms with Gasteiger partial charge in [-0.05, 0) is 37.4 Å². The fourth-order valence-corrected chi connectivity index (χ4v) is 1.65. The highest BCUT2D eigenvalue weighted by atomic mass is 19.1. The molecule has 0 atom stereocenters. The minimum absolute atomic E-state index is 0.470. The van der Waals surface area contributed by atoms with E-state index in [1.54, 1.807) is 13.2 Å². The second-order valence-electron chi connectivity index (χ2n) is 3.48. The number of hydrogen-bond donors (Lipinski definition) is 1. The van der Waals surface area contributed by atoms with Crippen molar-refractivity contribution < 1.29 is 9.13 Å². The van der Waals surface area contributed by atoms with Gasteiger partial charge in [0, 0.05) is 5.56 Å². The molecule has 0 amide bonds. The molecule has 0 aliphatic carbocycles. The molecule has 0 aliphatic rings. The summed E-state index contributed by atoms with van der Waals surface area (Å²) in [6.45, 7) is 0.219. The van der Waals surface area contributed by atoms with Gasteiger partial charge in [0.25, 0.3) is 0 Å². The number of methoxy groups -OCH3 is 1. The number of halogens is 1. The van der Waals surface area contributed by atoms with Gasteiger partial charge >= 0.3 is 0 Å². The van der Waals surface area contributed by atoms with Gasteiger partial charge in [-0.25, -0.2) is 4.39 Å². The normalized spacial score (nSPS) is 10.3. The molecule has 2 N–H and O–H groups in total. The third-order valence-electron chi connectivity index (χ3n) is 2.48. The molecule has 0 saturated carbocycles. The topological polar surface area (TPSA) is 35.2 Å². The Hall–Kier alpha value is -1.09. The van der Waals surface area contributed by atoms with E-state index in [0.29, 0.717) is 17.9 Å². The lowest BCUT2D eigenvalue weighted by Gasteiger charge is -2.10. The minimum Gasteiger partial charge on any atom is -0.496 e. The van der Waals surface area contributed by atoms with E-state index in [-0.39, 0.29) is 0 Å². The van der Waals surface area contributed by atoms with Crippen molar-refractivity contribution in [3.8, 4) is 5.75 Å². The first-order chi connectivity index (χ1) is 7.33. The molecule has 0 fully saturated rings. The first-order valence-corrected chi connectivity index (χ1v) is 5.24. The standard InChI is InChI=1S/C12H18FNO/c1-15-12-7-4-6-10(11(12)9-13)5-2-3-8-14/h4,6-7H,2-3,5,8-9,14H2,1H3. The highest BCUT2D eigenvalue weighted by molar-refractivity contribution is 5.39. The van der Waals surface area contributed by atoms with Gasteiger partial charge in [0.15, 0.2) is 0 Å². The number of benzene rings is 1. The molecule has 0 radical (unpaired) electrons. The molecule has 1 aromatic carbocycles. The van der Waals surface area contributed by atoms with Crippen molar-refractivity contribution >= 4 is 0 Å². The summed E-state index contributed by atoms with van der Waals surface area (Å²) in [7, 11) is 1.57. The monoisotopic (exact) mass is 211 g/mol. The summed E-state index contributed by atoms with van der Waals surface area (Å²) in [5.41, 5.74) is 7.13. The molecule has 0 saturated heterocycles. The zero-order valence-corrected chi connectivity index (χ0v) is 9.13. The van der Waals surface area contributed by atoms with E-state index in [1.807, 2.05) is 12.1 Å². The average molecular weight is 211 g/mol. The van der Waals surface area contributed by atoms with E-state index in [2.05, 4.69) is 0 Å². The van der Waals surface area contributed by atoms with Gasteiger partial charge in [0.1, 0.15) is 12.4 Å². The van der Waals surface area contributed by atoms with Crippen LogP contribution in [0, 0.1) is 0 Å². The Balaban J connectivity index is 2.76. The molecule has 15 heavy (non-hydrogen) atoms. The molecule has 0 bridgehead atoms. The third-order valence-corrected chi connectivity index (χ3v) is 2.48. The molecule has 1 rings (SSSR count). The lowest BCUT2D eigenvalue weighted by atomic mass is 10.0. The molecule has 1 aromatic rings. The van der Waals surface area contributed by atoms with Gasteiger partial charge in [-0.15, -0.1) is 0 Å². The number of hydrogen-bond acceptors (Lipinski definition) is 2. The summed E-state index contributed by atoms with van der Waals surface area (Å²) < 4.78 is 18.0. The third kappa shape index (κ3) is 3.20. The van der Waals surface area contributed by atoms with E-state index in [9.17, 15) is 4.39 Å². The first-order valence-electron chi connectivity index (χ1n) is 5.24. The van der Waals surface area contributed by atoms with E-state index in [0.717, 1.165) is 24.8 Å². The fourth-order valence-electron chi connectivity index (χ4n) is 1.65. The van der Waals surface area contributed by atoms with Gasteiger partial charge in [0.2, 0.25) is 0 Å². The Morgan fingerprint density at radius 3 is 2.73 bits per heavy atom. The van der Waals surface area contributed by atoms with Crippen LogP contribution in [0.5, 0.6) is 5.75 Å². The Bertz CT molecular complexity index is 302. The summed E-state index contributed by atoms with van der Waals surface area (Å²) in [6, 6.07) is 5.64. The van der Waals surface area contributed by atoms with Crippen LogP contribution < -0.4 is 10.5 Å². The lowest BCUT2D eigenvalue weighted by Crippen LogP contribution is -2.01. The predicted molar refractivity (Wildman–Crippen MR) is 59.8 cm³/mol. The summed E-state index contributed by atoms with van der Waals surface area (Å²) >= 11 is 0. The van der Waals surface area contributed by atoms with Crippen LogP contribution in [-0.2, 0) is 13.1 Å². The van der Waals surface area contributed by atoms with Crippen molar-refractivity contribution in [2.45, 2.75) is 25.9 Å². The molecular weight excluding hydrogens is 193 g/mol. The second-order valence-corrected chi connectivity index (χ2v) is 3.48. The molecule has 0 unspecified atom stereocenters. The van der Waals surface area contributed by atoms with Crippen molar-refractivity contribution in [1.82, 2.24) is 0 Å². The SMILES string of the molecule is COc1cccc(CCCCN)c1CF. The number of unbranched alkanes of at least 4 members (excludes halogenated alkanes) is 1. The van der Waals surface area contributed by atoms with Crippen molar-refractivity contribution in [3.63, 3.8) is 0 Å². The molecular formula is C12H18FNO. The van der Waals surface area contributed by atoms with Crippen molar-refractivity contribution in [2.24, 2.45) is 5.73 Å². The first kappa shape index (κ1) is 12.0. The number of alkyl halides is 1. The fraction of sp³-hybridized carbons (Fsp3) is 0.500. The van der Waals surface area contributed by atoms with Crippen LogP contribution in [0.25, 0.3) is 0 Å². The van der Waals surface area contributed by atoms with Crippen LogP contribution >= 0.6 is 0 Å². The van der Waals surface area contributed by atoms with Crippen LogP contribution in [0.1, 0.15) is 24.0 Å². The Kier molecular flexibility index (Phi) is 5.12. The Labute approximate surface area is 90.2 Å². The van der Waals surface area contributed by atoms with Gasteiger partial charge < -0.3 is 10.5 Å².